The van der Waals surface area contributed by atoms with Crippen LogP contribution >= 0.6 is 0 Å². The zero-order chi connectivity index (χ0) is 37.9. The molecule has 0 aliphatic carbocycles. The Balaban J connectivity index is 1.02. The number of nitrogens with zero attached hydrogens (tertiary/aromatic N) is 6. The summed E-state index contributed by atoms with van der Waals surface area (Å²) in [4.78, 5) is 20.0. The van der Waals surface area contributed by atoms with Crippen LogP contribution in [-0.2, 0) is 0 Å². The van der Waals surface area contributed by atoms with Crippen LogP contribution in [0.3, 0.4) is 0 Å². The predicted octanol–water partition coefficient (Wildman–Crippen LogP) is 12.4. The maximum atomic E-state index is 9.83. The van der Waals surface area contributed by atoms with E-state index in [9.17, 15) is 5.26 Å². The van der Waals surface area contributed by atoms with Gasteiger partial charge in [0.1, 0.15) is 0 Å². The SMILES string of the molecule is N#Cc1ccc2c(c1)c1cc(-c3ccc(-c4nc(-c5ccc6ccccc6c5)nc(-c5ccc6ccccc6c5)n4)cn3)ccc1n2-c1ccc2ccccc2c1. The van der Waals surface area contributed by atoms with E-state index >= 15 is 0 Å². The topological polar surface area (TPSA) is 80.3 Å². The molecule has 0 saturated carbocycles. The van der Waals surface area contributed by atoms with E-state index in [2.05, 4.69) is 132 Å². The van der Waals surface area contributed by atoms with Gasteiger partial charge >= 0.3 is 0 Å². The molecule has 0 amide bonds. The van der Waals surface area contributed by atoms with Gasteiger partial charge < -0.3 is 4.57 Å². The molecule has 0 atom stereocenters. The van der Waals surface area contributed by atoms with Gasteiger partial charge in [0, 0.05) is 44.9 Å². The van der Waals surface area contributed by atoms with Crippen LogP contribution in [-0.4, -0.2) is 24.5 Å². The minimum Gasteiger partial charge on any atom is -0.309 e. The van der Waals surface area contributed by atoms with E-state index in [1.165, 1.54) is 10.8 Å². The average molecular weight is 727 g/mol. The smallest absolute Gasteiger partial charge is 0.165 e. The summed E-state index contributed by atoms with van der Waals surface area (Å²) in [5, 5.41) is 18.8. The summed E-state index contributed by atoms with van der Waals surface area (Å²) in [5.41, 5.74) is 8.20. The minimum atomic E-state index is 0.549. The Morgan fingerprint density at radius 2 is 0.895 bits per heavy atom. The van der Waals surface area contributed by atoms with Crippen molar-refractivity contribution in [2.75, 3.05) is 0 Å². The van der Waals surface area contributed by atoms with Gasteiger partial charge in [0.2, 0.25) is 0 Å². The molecule has 11 aromatic rings. The van der Waals surface area contributed by atoms with Gasteiger partial charge in [0.25, 0.3) is 0 Å². The summed E-state index contributed by atoms with van der Waals surface area (Å²) >= 11 is 0. The van der Waals surface area contributed by atoms with Gasteiger partial charge in [-0.1, -0.05) is 109 Å². The number of pyridine rings is 1. The van der Waals surface area contributed by atoms with E-state index in [-0.39, 0.29) is 0 Å². The van der Waals surface area contributed by atoms with Crippen LogP contribution in [0.5, 0.6) is 0 Å². The van der Waals surface area contributed by atoms with Gasteiger partial charge in [-0.05, 0) is 99.0 Å². The Morgan fingerprint density at radius 3 is 1.47 bits per heavy atom. The van der Waals surface area contributed by atoms with Crippen molar-refractivity contribution in [1.82, 2.24) is 24.5 Å². The van der Waals surface area contributed by atoms with Crippen molar-refractivity contribution in [3.8, 4) is 57.2 Å². The van der Waals surface area contributed by atoms with Crippen molar-refractivity contribution < 1.29 is 0 Å². The third kappa shape index (κ3) is 5.65. The molecule has 0 spiro atoms. The molecule has 8 aromatic carbocycles. The second-order valence-electron chi connectivity index (χ2n) is 14.3. The number of hydrogen-bond donors (Lipinski definition) is 0. The van der Waals surface area contributed by atoms with Crippen molar-refractivity contribution in [2.24, 2.45) is 0 Å². The van der Waals surface area contributed by atoms with Crippen LogP contribution in [0.4, 0.5) is 0 Å². The second kappa shape index (κ2) is 13.1. The number of hydrogen-bond acceptors (Lipinski definition) is 5. The summed E-state index contributed by atoms with van der Waals surface area (Å²) < 4.78 is 2.28. The molecular formula is C51H30N6. The highest BCUT2D eigenvalue weighted by Crippen LogP contribution is 2.36. The van der Waals surface area contributed by atoms with Crippen LogP contribution in [0.1, 0.15) is 5.56 Å². The van der Waals surface area contributed by atoms with Crippen molar-refractivity contribution in [3.63, 3.8) is 0 Å². The molecule has 0 bridgehead atoms. The zero-order valence-electron chi connectivity index (χ0n) is 30.5. The van der Waals surface area contributed by atoms with Crippen molar-refractivity contribution in [3.05, 3.63) is 188 Å². The Labute approximate surface area is 327 Å². The number of rotatable bonds is 5. The van der Waals surface area contributed by atoms with Crippen LogP contribution in [0.25, 0.3) is 105 Å². The van der Waals surface area contributed by atoms with Gasteiger partial charge in [-0.25, -0.2) is 15.0 Å². The van der Waals surface area contributed by atoms with E-state index in [4.69, 9.17) is 19.9 Å². The van der Waals surface area contributed by atoms with Gasteiger partial charge in [-0.15, -0.1) is 0 Å². The number of aromatic nitrogens is 5. The van der Waals surface area contributed by atoms with E-state index in [1.807, 2.05) is 60.8 Å². The molecule has 3 heterocycles. The normalized spacial score (nSPS) is 11.5. The van der Waals surface area contributed by atoms with E-state index < -0.39 is 0 Å². The average Bonchev–Trinajstić information content (AvgIpc) is 3.61. The van der Waals surface area contributed by atoms with Crippen LogP contribution in [0.15, 0.2) is 182 Å². The van der Waals surface area contributed by atoms with E-state index in [0.29, 0.717) is 23.0 Å². The first-order valence-corrected chi connectivity index (χ1v) is 18.8. The number of benzene rings is 8. The maximum Gasteiger partial charge on any atom is 0.165 e. The van der Waals surface area contributed by atoms with Gasteiger partial charge in [0.05, 0.1) is 28.4 Å². The fourth-order valence-electron chi connectivity index (χ4n) is 7.96. The molecule has 57 heavy (non-hydrogen) atoms. The molecule has 11 rings (SSSR count). The minimum absolute atomic E-state index is 0.549. The van der Waals surface area contributed by atoms with Crippen molar-refractivity contribution in [2.45, 2.75) is 0 Å². The van der Waals surface area contributed by atoms with Gasteiger partial charge in [0.15, 0.2) is 17.5 Å². The number of fused-ring (bicyclic) bond motifs is 6. The maximum absolute atomic E-state index is 9.83. The van der Waals surface area contributed by atoms with Crippen LogP contribution < -0.4 is 0 Å². The monoisotopic (exact) mass is 726 g/mol. The molecule has 0 fully saturated rings. The molecule has 0 radical (unpaired) electrons. The molecule has 6 nitrogen and oxygen atoms in total. The molecule has 0 N–H and O–H groups in total. The molecular weight excluding hydrogens is 697 g/mol. The summed E-state index contributed by atoms with van der Waals surface area (Å²) in [6.45, 7) is 0. The van der Waals surface area contributed by atoms with Gasteiger partial charge in [-0.3, -0.25) is 4.98 Å². The summed E-state index contributed by atoms with van der Waals surface area (Å²) in [6, 6.07) is 62.9. The van der Waals surface area contributed by atoms with Crippen molar-refractivity contribution >= 4 is 54.1 Å². The van der Waals surface area contributed by atoms with E-state index in [1.54, 1.807) is 0 Å². The molecule has 0 aliphatic rings. The third-order valence-electron chi connectivity index (χ3n) is 10.9. The first kappa shape index (κ1) is 32.4. The highest BCUT2D eigenvalue weighted by Gasteiger charge is 2.17. The third-order valence-corrected chi connectivity index (χ3v) is 10.9. The lowest BCUT2D eigenvalue weighted by Crippen LogP contribution is -2.00. The standard InChI is InChI=1S/C51H30N6/c52-30-32-13-23-47-44(25-32)45-29-39(20-24-48(45)57(47)43-21-18-35-9-3-6-12-38(35)28-43)46-22-19-42(31-53-46)51-55-49(40-16-14-33-7-1-4-10-36(33)26-40)54-50(56-51)41-17-15-34-8-2-5-11-37(34)27-41/h1-29,31H. The van der Waals surface area contributed by atoms with E-state index in [0.717, 1.165) is 77.0 Å². The molecule has 0 saturated heterocycles. The first-order chi connectivity index (χ1) is 28.1. The highest BCUT2D eigenvalue weighted by molar-refractivity contribution is 6.11. The van der Waals surface area contributed by atoms with Crippen LogP contribution in [0, 0.1) is 11.3 Å². The summed E-state index contributed by atoms with van der Waals surface area (Å²) in [5.74, 6) is 1.75. The van der Waals surface area contributed by atoms with Crippen molar-refractivity contribution in [1.29, 1.82) is 5.26 Å². The highest BCUT2D eigenvalue weighted by atomic mass is 15.0. The molecule has 264 valence electrons. The fraction of sp³-hybridized carbons (Fsp3) is 0. The second-order valence-corrected chi connectivity index (χ2v) is 14.3. The van der Waals surface area contributed by atoms with Crippen LogP contribution in [0.2, 0.25) is 0 Å². The molecule has 0 aliphatic heterocycles. The van der Waals surface area contributed by atoms with Gasteiger partial charge in [-0.2, -0.15) is 5.26 Å². The first-order valence-electron chi connectivity index (χ1n) is 18.8. The predicted molar refractivity (Wildman–Crippen MR) is 231 cm³/mol. The summed E-state index contributed by atoms with van der Waals surface area (Å²) in [7, 11) is 0. The lowest BCUT2D eigenvalue weighted by molar-refractivity contribution is 1.07. The summed E-state index contributed by atoms with van der Waals surface area (Å²) in [6.07, 6.45) is 1.84. The Morgan fingerprint density at radius 1 is 0.404 bits per heavy atom. The lowest BCUT2D eigenvalue weighted by atomic mass is 10.0. The molecule has 6 heteroatoms. The molecule has 0 unspecified atom stereocenters. The molecule has 3 aromatic heterocycles. The Kier molecular flexibility index (Phi) is 7.44. The quantitative estimate of drug-likeness (QED) is 0.176. The largest absolute Gasteiger partial charge is 0.309 e. The fourth-order valence-corrected chi connectivity index (χ4v) is 7.96. The zero-order valence-corrected chi connectivity index (χ0v) is 30.5. The Hall–Kier alpha value is -8.01. The lowest BCUT2D eigenvalue weighted by Gasteiger charge is -2.10. The number of nitriles is 1. The Bertz CT molecular complexity index is 3330.